The maximum absolute atomic E-state index is 14.3. The molecule has 38 heavy (non-hydrogen) atoms. The molecule has 5 heterocycles. The van der Waals surface area contributed by atoms with E-state index in [0.717, 1.165) is 11.0 Å². The summed E-state index contributed by atoms with van der Waals surface area (Å²) in [6, 6.07) is 6.59. The molecule has 1 N–H and O–H groups in total. The summed E-state index contributed by atoms with van der Waals surface area (Å²) in [7, 11) is 0. The van der Waals surface area contributed by atoms with Gasteiger partial charge >= 0.3 is 5.97 Å². The number of aliphatic hydroxyl groups excluding tert-OH is 1. The van der Waals surface area contributed by atoms with Gasteiger partial charge in [0.25, 0.3) is 5.91 Å². The highest BCUT2D eigenvalue weighted by Gasteiger charge is 2.71. The van der Waals surface area contributed by atoms with Gasteiger partial charge in [-0.2, -0.15) is 0 Å². The number of carbonyl (C=O) groups excluding carboxylic acids is 3. The Labute approximate surface area is 219 Å². The molecule has 5 atom stereocenters. The number of amides is 2. The van der Waals surface area contributed by atoms with Crippen LogP contribution in [0.15, 0.2) is 48.6 Å². The molecule has 1 spiro atoms. The van der Waals surface area contributed by atoms with E-state index in [9.17, 15) is 19.5 Å². The molecule has 11 heteroatoms. The second kappa shape index (κ2) is 9.95. The molecule has 6 rings (SSSR count). The highest BCUT2D eigenvalue weighted by molar-refractivity contribution is 5.99. The second-order valence-electron chi connectivity index (χ2n) is 10.2. The van der Waals surface area contributed by atoms with E-state index in [-0.39, 0.29) is 31.7 Å². The number of benzene rings is 1. The summed E-state index contributed by atoms with van der Waals surface area (Å²) >= 11 is 0. The minimum absolute atomic E-state index is 0.0658. The Hall–Kier alpha value is -3.57. The van der Waals surface area contributed by atoms with Crippen molar-refractivity contribution in [2.75, 3.05) is 26.3 Å². The van der Waals surface area contributed by atoms with Crippen molar-refractivity contribution in [2.24, 2.45) is 11.8 Å². The van der Waals surface area contributed by atoms with E-state index >= 15 is 0 Å². The molecular weight excluding hydrogens is 490 g/mol. The number of aliphatic hydroxyl groups is 1. The lowest BCUT2D eigenvalue weighted by Crippen LogP contribution is -2.55. The summed E-state index contributed by atoms with van der Waals surface area (Å²) in [6.45, 7) is 1.09. The summed E-state index contributed by atoms with van der Waals surface area (Å²) in [5, 5.41) is 17.6. The van der Waals surface area contributed by atoms with Gasteiger partial charge < -0.3 is 24.4 Å². The van der Waals surface area contributed by atoms with Crippen LogP contribution in [-0.2, 0) is 30.5 Å². The third-order valence-electron chi connectivity index (χ3n) is 7.99. The van der Waals surface area contributed by atoms with Crippen molar-refractivity contribution < 1.29 is 29.0 Å². The van der Waals surface area contributed by atoms with Crippen molar-refractivity contribution in [1.29, 1.82) is 0 Å². The van der Waals surface area contributed by atoms with Gasteiger partial charge in [-0.25, -0.2) is 4.68 Å². The van der Waals surface area contributed by atoms with Gasteiger partial charge in [-0.3, -0.25) is 14.4 Å². The van der Waals surface area contributed by atoms with Crippen LogP contribution in [0, 0.1) is 11.8 Å². The minimum Gasteiger partial charge on any atom is -0.465 e. The Bertz CT molecular complexity index is 1310. The van der Waals surface area contributed by atoms with Gasteiger partial charge in [0.15, 0.2) is 0 Å². The van der Waals surface area contributed by atoms with Crippen LogP contribution in [0.25, 0.3) is 11.0 Å². The lowest BCUT2D eigenvalue weighted by Gasteiger charge is -2.35. The number of nitrogens with zero attached hydrogens (tertiary/aromatic N) is 5. The van der Waals surface area contributed by atoms with Crippen LogP contribution in [0.3, 0.4) is 0 Å². The zero-order valence-electron chi connectivity index (χ0n) is 21.0. The molecule has 2 fully saturated rings. The largest absolute Gasteiger partial charge is 0.465 e. The molecule has 2 saturated heterocycles. The topological polar surface area (TPSA) is 127 Å². The maximum atomic E-state index is 14.3. The average molecular weight is 522 g/mol. The lowest BCUT2D eigenvalue weighted by molar-refractivity contribution is -0.155. The SMILES string of the molecule is O=C1OCCC=C[C@H]2OC34C=CCN(Cn5nnc6ccccc65)C(=O)[C@H]3N(CCCCCO)C(=O)[C@@H]4C12. The molecule has 2 unspecified atom stereocenters. The van der Waals surface area contributed by atoms with Crippen LogP contribution in [0.5, 0.6) is 0 Å². The highest BCUT2D eigenvalue weighted by atomic mass is 16.6. The number of hydrogen-bond donors (Lipinski definition) is 1. The first-order chi connectivity index (χ1) is 18.5. The third-order valence-corrected chi connectivity index (χ3v) is 7.99. The molecule has 1 aromatic heterocycles. The summed E-state index contributed by atoms with van der Waals surface area (Å²) in [5.41, 5.74) is 0.241. The highest BCUT2D eigenvalue weighted by Crippen LogP contribution is 2.53. The van der Waals surface area contributed by atoms with E-state index in [1.54, 1.807) is 14.5 Å². The summed E-state index contributed by atoms with van der Waals surface area (Å²) in [5.74, 6) is -2.70. The number of esters is 1. The third kappa shape index (κ3) is 3.92. The standard InChI is InChI=1S/C27H31N5O6/c33-15-6-1-5-14-31-23-25(35)30(17-32-19-10-3-2-9-18(19)28-29-32)13-8-12-27(23)22(24(31)34)21-20(38-27)11-4-7-16-37-26(21)36/h2-4,8-12,20-23,33H,1,5-7,13-17H2/t20-,21?,22+,23-,27?/m1/s1. The number of ether oxygens (including phenoxy) is 2. The van der Waals surface area contributed by atoms with Crippen molar-refractivity contribution in [3.8, 4) is 0 Å². The van der Waals surface area contributed by atoms with Crippen molar-refractivity contribution in [2.45, 2.75) is 50.1 Å². The van der Waals surface area contributed by atoms with E-state index in [2.05, 4.69) is 10.3 Å². The van der Waals surface area contributed by atoms with Crippen molar-refractivity contribution in [1.82, 2.24) is 24.8 Å². The fraction of sp³-hybridized carbons (Fsp3) is 0.519. The maximum Gasteiger partial charge on any atom is 0.312 e. The summed E-state index contributed by atoms with van der Waals surface area (Å²) in [4.78, 5) is 44.6. The monoisotopic (exact) mass is 521 g/mol. The molecule has 4 aliphatic heterocycles. The van der Waals surface area contributed by atoms with Crippen molar-refractivity contribution in [3.63, 3.8) is 0 Å². The van der Waals surface area contributed by atoms with E-state index in [0.29, 0.717) is 38.8 Å². The molecule has 2 aromatic rings. The first kappa shape index (κ1) is 24.7. The normalized spacial score (nSPS) is 30.6. The smallest absolute Gasteiger partial charge is 0.312 e. The quantitative estimate of drug-likeness (QED) is 0.325. The van der Waals surface area contributed by atoms with Crippen LogP contribution < -0.4 is 0 Å². The molecule has 200 valence electrons. The predicted octanol–water partition coefficient (Wildman–Crippen LogP) is 1.03. The number of unbranched alkanes of at least 4 members (excludes halogenated alkanes) is 2. The average Bonchev–Trinajstić information content (AvgIpc) is 3.50. The van der Waals surface area contributed by atoms with Gasteiger partial charge in [0.2, 0.25) is 5.91 Å². The molecular formula is C27H31N5O6. The Kier molecular flexibility index (Phi) is 6.48. The van der Waals surface area contributed by atoms with Crippen LogP contribution >= 0.6 is 0 Å². The van der Waals surface area contributed by atoms with Gasteiger partial charge in [0.05, 0.1) is 24.1 Å². The fourth-order valence-electron chi connectivity index (χ4n) is 6.27. The molecule has 1 aromatic carbocycles. The molecule has 2 amide bonds. The summed E-state index contributed by atoms with van der Waals surface area (Å²) in [6.07, 6.45) is 9.25. The first-order valence-corrected chi connectivity index (χ1v) is 13.2. The van der Waals surface area contributed by atoms with Gasteiger partial charge in [0.1, 0.15) is 29.7 Å². The van der Waals surface area contributed by atoms with Gasteiger partial charge in [-0.05, 0) is 37.8 Å². The van der Waals surface area contributed by atoms with E-state index < -0.39 is 35.6 Å². The first-order valence-electron chi connectivity index (χ1n) is 13.2. The second-order valence-corrected chi connectivity index (χ2v) is 10.2. The Morgan fingerprint density at radius 3 is 2.82 bits per heavy atom. The zero-order valence-corrected chi connectivity index (χ0v) is 21.0. The van der Waals surface area contributed by atoms with E-state index in [1.807, 2.05) is 48.6 Å². The molecule has 0 bridgehead atoms. The minimum atomic E-state index is -1.28. The molecule has 0 radical (unpaired) electrons. The van der Waals surface area contributed by atoms with Crippen LogP contribution in [0.1, 0.15) is 25.7 Å². The Morgan fingerprint density at radius 2 is 1.95 bits per heavy atom. The van der Waals surface area contributed by atoms with Gasteiger partial charge in [-0.15, -0.1) is 5.10 Å². The molecule has 11 nitrogen and oxygen atoms in total. The summed E-state index contributed by atoms with van der Waals surface area (Å²) < 4.78 is 13.7. The number of hydrogen-bond acceptors (Lipinski definition) is 8. The predicted molar refractivity (Wildman–Crippen MR) is 134 cm³/mol. The number of fused-ring (bicyclic) bond motifs is 3. The van der Waals surface area contributed by atoms with Crippen LogP contribution in [0.2, 0.25) is 0 Å². The van der Waals surface area contributed by atoms with E-state index in [1.165, 1.54) is 0 Å². The number of likely N-dealkylation sites (tertiary alicyclic amines) is 1. The number of carbonyl (C=O) groups is 3. The molecule has 4 aliphatic rings. The molecule has 0 aliphatic carbocycles. The Balaban J connectivity index is 1.37. The number of rotatable bonds is 7. The van der Waals surface area contributed by atoms with Crippen molar-refractivity contribution in [3.05, 3.63) is 48.6 Å². The molecule has 0 saturated carbocycles. The van der Waals surface area contributed by atoms with Crippen LogP contribution in [-0.4, -0.2) is 91.7 Å². The number of cyclic esters (lactones) is 1. The number of para-hydroxylation sites is 1. The Morgan fingerprint density at radius 1 is 1.08 bits per heavy atom. The number of aromatic nitrogens is 3. The fourth-order valence-corrected chi connectivity index (χ4v) is 6.27. The lowest BCUT2D eigenvalue weighted by atomic mass is 9.78. The van der Waals surface area contributed by atoms with Crippen molar-refractivity contribution >= 4 is 28.8 Å². The van der Waals surface area contributed by atoms with E-state index in [4.69, 9.17) is 9.47 Å². The van der Waals surface area contributed by atoms with Gasteiger partial charge in [-0.1, -0.05) is 41.7 Å². The zero-order chi connectivity index (χ0) is 26.3. The van der Waals surface area contributed by atoms with Gasteiger partial charge in [0, 0.05) is 19.7 Å². The van der Waals surface area contributed by atoms with Crippen LogP contribution in [0.4, 0.5) is 0 Å².